The van der Waals surface area contributed by atoms with E-state index < -0.39 is 30.0 Å². The van der Waals surface area contributed by atoms with E-state index in [1.807, 2.05) is 129 Å². The van der Waals surface area contributed by atoms with Crippen LogP contribution in [-0.2, 0) is 45.2 Å². The van der Waals surface area contributed by atoms with E-state index in [0.717, 1.165) is 39.1 Å². The summed E-state index contributed by atoms with van der Waals surface area (Å²) < 4.78 is 32.9. The number of benzene rings is 5. The van der Waals surface area contributed by atoms with Gasteiger partial charge in [-0.2, -0.15) is 0 Å². The zero-order valence-electron chi connectivity index (χ0n) is 28.6. The van der Waals surface area contributed by atoms with E-state index in [4.69, 9.17) is 35.3 Å². The van der Waals surface area contributed by atoms with Gasteiger partial charge in [0.2, 0.25) is 0 Å². The van der Waals surface area contributed by atoms with Crippen LogP contribution in [0, 0.1) is 0 Å². The lowest BCUT2D eigenvalue weighted by atomic mass is 9.83. The average Bonchev–Trinajstić information content (AvgIpc) is 3.16. The summed E-state index contributed by atoms with van der Waals surface area (Å²) in [6, 6.07) is 44.1. The molecular formula is C43H45ClO6. The molecule has 5 atom stereocenters. The molecule has 0 spiro atoms. The number of aliphatic hydroxyl groups excluding tert-OH is 1. The Balaban J connectivity index is 1.37. The molecule has 1 aliphatic rings. The second-order valence-corrected chi connectivity index (χ2v) is 13.3. The van der Waals surface area contributed by atoms with Gasteiger partial charge in [-0.05, 0) is 71.8 Å². The molecule has 6 nitrogen and oxygen atoms in total. The summed E-state index contributed by atoms with van der Waals surface area (Å²) in [5.74, 6) is 0.832. The van der Waals surface area contributed by atoms with Gasteiger partial charge in [0.25, 0.3) is 0 Å². The summed E-state index contributed by atoms with van der Waals surface area (Å²) in [6.07, 6.45) is -1.86. The van der Waals surface area contributed by atoms with E-state index in [2.05, 4.69) is 18.2 Å². The van der Waals surface area contributed by atoms with Crippen molar-refractivity contribution in [3.8, 4) is 5.75 Å². The Labute approximate surface area is 300 Å². The minimum absolute atomic E-state index is 0.286. The minimum Gasteiger partial charge on any atom is -0.494 e. The summed E-state index contributed by atoms with van der Waals surface area (Å²) in [4.78, 5) is 0. The number of halogens is 1. The summed E-state index contributed by atoms with van der Waals surface area (Å²) in [7, 11) is 0. The molecule has 7 heteroatoms. The van der Waals surface area contributed by atoms with Crippen molar-refractivity contribution in [2.24, 2.45) is 0 Å². The molecule has 1 saturated heterocycles. The molecule has 0 aliphatic carbocycles. The highest BCUT2D eigenvalue weighted by Gasteiger charge is 2.54. The first-order chi connectivity index (χ1) is 24.5. The Hall–Kier alpha value is -4.01. The van der Waals surface area contributed by atoms with Crippen molar-refractivity contribution < 1.29 is 28.8 Å². The van der Waals surface area contributed by atoms with Crippen LogP contribution in [0.25, 0.3) is 0 Å². The second-order valence-electron chi connectivity index (χ2n) is 12.9. The molecule has 5 aromatic carbocycles. The smallest absolute Gasteiger partial charge is 0.119 e. The standard InChI is InChI=1S/C43H45ClO6/c1-3-46-37-22-19-31(20-23-37)25-36-26-35(21-24-38(36)44)39-40(47-27-32-13-7-4-8-14-32)41(48-28-33-15-9-5-10-16-33)42(43(2,30-45)50-39)49-29-34-17-11-6-12-18-34/h4-24,26,39-42,45H,3,25,27-30H2,1-2H3/t39-,40-,41+,42-,43?/m0/s1. The third-order valence-corrected chi connectivity index (χ3v) is 9.47. The fraction of sp³-hybridized carbons (Fsp3) is 0.302. The summed E-state index contributed by atoms with van der Waals surface area (Å²) in [5, 5.41) is 11.7. The van der Waals surface area contributed by atoms with Crippen LogP contribution >= 0.6 is 11.6 Å². The minimum atomic E-state index is -1.12. The van der Waals surface area contributed by atoms with Crippen molar-refractivity contribution in [1.82, 2.24) is 0 Å². The molecule has 0 saturated carbocycles. The van der Waals surface area contributed by atoms with Crippen molar-refractivity contribution in [3.05, 3.63) is 172 Å². The van der Waals surface area contributed by atoms with E-state index in [0.29, 0.717) is 37.9 Å². The van der Waals surface area contributed by atoms with Gasteiger partial charge in [0, 0.05) is 5.02 Å². The molecule has 50 heavy (non-hydrogen) atoms. The highest BCUT2D eigenvalue weighted by atomic mass is 35.5. The third kappa shape index (κ3) is 9.01. The van der Waals surface area contributed by atoms with E-state index in [9.17, 15) is 5.11 Å². The fourth-order valence-electron chi connectivity index (χ4n) is 6.43. The maximum Gasteiger partial charge on any atom is 0.119 e. The Morgan fingerprint density at radius 3 is 1.74 bits per heavy atom. The van der Waals surface area contributed by atoms with Crippen molar-refractivity contribution in [2.75, 3.05) is 13.2 Å². The van der Waals surface area contributed by atoms with Gasteiger partial charge >= 0.3 is 0 Å². The Kier molecular flexibility index (Phi) is 12.4. The molecule has 1 heterocycles. The van der Waals surface area contributed by atoms with Gasteiger partial charge in [0.15, 0.2) is 0 Å². The lowest BCUT2D eigenvalue weighted by Gasteiger charge is -2.51. The normalized spacial score (nSPS) is 21.9. The quantitative estimate of drug-likeness (QED) is 0.118. The molecule has 0 amide bonds. The second kappa shape index (κ2) is 17.3. The summed E-state index contributed by atoms with van der Waals surface area (Å²) in [6.45, 7) is 5.18. The largest absolute Gasteiger partial charge is 0.494 e. The van der Waals surface area contributed by atoms with Crippen LogP contribution in [0.3, 0.4) is 0 Å². The summed E-state index contributed by atoms with van der Waals surface area (Å²) in [5.41, 5.74) is 4.87. The monoisotopic (exact) mass is 692 g/mol. The Morgan fingerprint density at radius 1 is 0.660 bits per heavy atom. The van der Waals surface area contributed by atoms with Gasteiger partial charge in [0.05, 0.1) is 33.0 Å². The molecule has 1 N–H and O–H groups in total. The summed E-state index contributed by atoms with van der Waals surface area (Å²) >= 11 is 6.81. The van der Waals surface area contributed by atoms with E-state index >= 15 is 0 Å². The first kappa shape index (κ1) is 35.8. The zero-order valence-corrected chi connectivity index (χ0v) is 29.4. The molecule has 1 aliphatic heterocycles. The van der Waals surface area contributed by atoms with Gasteiger partial charge in [-0.25, -0.2) is 0 Å². The molecular weight excluding hydrogens is 648 g/mol. The van der Waals surface area contributed by atoms with E-state index in [-0.39, 0.29) is 6.61 Å². The van der Waals surface area contributed by atoms with Gasteiger partial charge in [-0.15, -0.1) is 0 Å². The van der Waals surface area contributed by atoms with Gasteiger partial charge in [0.1, 0.15) is 35.8 Å². The highest BCUT2D eigenvalue weighted by Crippen LogP contribution is 2.43. The Morgan fingerprint density at radius 2 is 1.20 bits per heavy atom. The number of ether oxygens (including phenoxy) is 5. The van der Waals surface area contributed by atoms with Crippen LogP contribution < -0.4 is 4.74 Å². The molecule has 0 bridgehead atoms. The third-order valence-electron chi connectivity index (χ3n) is 9.10. The highest BCUT2D eigenvalue weighted by molar-refractivity contribution is 6.31. The molecule has 6 rings (SSSR count). The molecule has 1 fully saturated rings. The zero-order chi connectivity index (χ0) is 34.8. The number of rotatable bonds is 15. The maximum atomic E-state index is 11.0. The Bertz CT molecular complexity index is 1750. The molecule has 0 radical (unpaired) electrons. The van der Waals surface area contributed by atoms with Gasteiger partial charge in [-0.3, -0.25) is 0 Å². The van der Waals surface area contributed by atoms with E-state index in [1.54, 1.807) is 0 Å². The van der Waals surface area contributed by atoms with Gasteiger partial charge in [-0.1, -0.05) is 127 Å². The average molecular weight is 693 g/mol. The van der Waals surface area contributed by atoms with Crippen LogP contribution in [0.5, 0.6) is 5.75 Å². The van der Waals surface area contributed by atoms with Gasteiger partial charge < -0.3 is 28.8 Å². The van der Waals surface area contributed by atoms with Crippen LogP contribution in [0.2, 0.25) is 5.02 Å². The van der Waals surface area contributed by atoms with Crippen molar-refractivity contribution in [2.45, 2.75) is 70.1 Å². The topological polar surface area (TPSA) is 66.4 Å². The number of hydrogen-bond donors (Lipinski definition) is 1. The van der Waals surface area contributed by atoms with Crippen LogP contribution in [-0.4, -0.2) is 42.2 Å². The van der Waals surface area contributed by atoms with Crippen LogP contribution in [0.1, 0.15) is 53.3 Å². The first-order valence-corrected chi connectivity index (χ1v) is 17.6. The van der Waals surface area contributed by atoms with Crippen molar-refractivity contribution in [1.29, 1.82) is 0 Å². The predicted octanol–water partition coefficient (Wildman–Crippen LogP) is 8.91. The molecule has 5 aromatic rings. The lowest BCUT2D eigenvalue weighted by molar-refractivity contribution is -0.306. The predicted molar refractivity (Wildman–Crippen MR) is 196 cm³/mol. The van der Waals surface area contributed by atoms with Crippen molar-refractivity contribution >= 4 is 11.6 Å². The number of aliphatic hydroxyl groups is 1. The molecule has 0 aromatic heterocycles. The van der Waals surface area contributed by atoms with Crippen LogP contribution in [0.15, 0.2) is 133 Å². The fourth-order valence-corrected chi connectivity index (χ4v) is 6.61. The SMILES string of the molecule is CCOc1ccc(Cc2cc([C@@H]3OC(C)(CO)[C@@H](OCc4ccccc4)[C@H](OCc4ccccc4)[C@H]3OCc3ccccc3)ccc2Cl)cc1. The number of hydrogen-bond acceptors (Lipinski definition) is 6. The van der Waals surface area contributed by atoms with E-state index in [1.165, 1.54) is 0 Å². The maximum absolute atomic E-state index is 11.0. The molecule has 260 valence electrons. The van der Waals surface area contributed by atoms with Crippen LogP contribution in [0.4, 0.5) is 0 Å². The van der Waals surface area contributed by atoms with Crippen molar-refractivity contribution in [3.63, 3.8) is 0 Å². The molecule has 1 unspecified atom stereocenters. The lowest BCUT2D eigenvalue weighted by Crippen LogP contribution is -2.64. The first-order valence-electron chi connectivity index (χ1n) is 17.2.